The van der Waals surface area contributed by atoms with Crippen LogP contribution in [-0.4, -0.2) is 13.0 Å². The molecule has 4 aromatic rings. The minimum absolute atomic E-state index is 0.0621. The minimum Gasteiger partial charge on any atom is -0.496 e. The van der Waals surface area contributed by atoms with Crippen molar-refractivity contribution in [3.05, 3.63) is 111 Å². The van der Waals surface area contributed by atoms with Crippen LogP contribution < -0.4 is 19.7 Å². The molecule has 0 bridgehead atoms. The number of amides is 1. The number of para-hydroxylation sites is 3. The molecule has 1 aliphatic heterocycles. The Bertz CT molecular complexity index is 1470. The number of anilines is 3. The lowest BCUT2D eigenvalue weighted by molar-refractivity contribution is -0.119. The van der Waals surface area contributed by atoms with E-state index in [4.69, 9.17) is 44.3 Å². The van der Waals surface area contributed by atoms with E-state index in [1.165, 1.54) is 23.1 Å². The number of nitrogens with zero attached hydrogens (tertiary/aromatic N) is 1. The predicted molar refractivity (Wildman–Crippen MR) is 145 cm³/mol. The molecule has 1 aliphatic rings. The highest BCUT2D eigenvalue weighted by Gasteiger charge is 2.35. The van der Waals surface area contributed by atoms with Gasteiger partial charge in [-0.25, -0.2) is 4.39 Å². The topological polar surface area (TPSA) is 50.8 Å². The van der Waals surface area contributed by atoms with Gasteiger partial charge in [0.25, 0.3) is 5.91 Å². The van der Waals surface area contributed by atoms with Crippen molar-refractivity contribution in [3.8, 4) is 11.5 Å². The van der Waals surface area contributed by atoms with Crippen molar-refractivity contribution in [2.75, 3.05) is 17.3 Å². The van der Waals surface area contributed by atoms with Crippen molar-refractivity contribution >= 4 is 57.8 Å². The van der Waals surface area contributed by atoms with Crippen LogP contribution in [-0.2, 0) is 11.4 Å². The number of nitrogens with one attached hydrogen (secondary N) is 1. The van der Waals surface area contributed by atoms with E-state index < -0.39 is 11.9 Å². The quantitative estimate of drug-likeness (QED) is 0.260. The van der Waals surface area contributed by atoms with Gasteiger partial charge >= 0.3 is 0 Å². The van der Waals surface area contributed by atoms with Crippen LogP contribution >= 0.6 is 34.8 Å². The second-order valence-corrected chi connectivity index (χ2v) is 9.53. The summed E-state index contributed by atoms with van der Waals surface area (Å²) in [4.78, 5) is 15.2. The molecule has 188 valence electrons. The highest BCUT2D eigenvalue weighted by Crippen LogP contribution is 2.42. The molecule has 4 aromatic carbocycles. The summed E-state index contributed by atoms with van der Waals surface area (Å²) in [7, 11) is 1.54. The van der Waals surface area contributed by atoms with Crippen LogP contribution in [0.1, 0.15) is 17.2 Å². The first kappa shape index (κ1) is 25.2. The zero-order valence-corrected chi connectivity index (χ0v) is 21.7. The number of fused-ring (bicyclic) bond motifs is 1. The van der Waals surface area contributed by atoms with E-state index in [0.717, 1.165) is 0 Å². The monoisotopic (exact) mass is 556 g/mol. The Hall–Kier alpha value is -3.45. The third-order valence-corrected chi connectivity index (χ3v) is 6.76. The SMILES string of the molecule is COc1ccc(C2Nc3ccccc3N(c3ccccc3F)C2=O)cc1COc1c(Cl)cc(Cl)cc1Cl. The summed E-state index contributed by atoms with van der Waals surface area (Å²) in [5.74, 6) is 0.0164. The number of methoxy groups -OCH3 is 1. The lowest BCUT2D eigenvalue weighted by Crippen LogP contribution is -2.39. The van der Waals surface area contributed by atoms with Crippen molar-refractivity contribution in [1.29, 1.82) is 0 Å². The number of halogens is 4. The third-order valence-electron chi connectivity index (χ3n) is 5.98. The summed E-state index contributed by atoms with van der Waals surface area (Å²) in [6.45, 7) is 0.0621. The fourth-order valence-corrected chi connectivity index (χ4v) is 5.20. The molecule has 0 aromatic heterocycles. The molecule has 1 heterocycles. The molecular formula is C28H20Cl3FN2O3. The van der Waals surface area contributed by atoms with Gasteiger partial charge in [-0.3, -0.25) is 9.69 Å². The van der Waals surface area contributed by atoms with Crippen LogP contribution in [0.5, 0.6) is 11.5 Å². The van der Waals surface area contributed by atoms with Crippen molar-refractivity contribution in [3.63, 3.8) is 0 Å². The van der Waals surface area contributed by atoms with Crippen molar-refractivity contribution in [1.82, 2.24) is 0 Å². The van der Waals surface area contributed by atoms with E-state index >= 15 is 0 Å². The Balaban J connectivity index is 1.51. The number of ether oxygens (including phenoxy) is 2. The summed E-state index contributed by atoms with van der Waals surface area (Å²) in [6, 6.07) is 21.1. The number of rotatable bonds is 6. The highest BCUT2D eigenvalue weighted by atomic mass is 35.5. The van der Waals surface area contributed by atoms with Gasteiger partial charge in [-0.05, 0) is 54.1 Å². The standard InChI is InChI=1S/C28H20Cl3FN2O3/c1-36-25-11-10-16(12-17(25)15-37-27-19(30)13-18(29)14-20(27)31)26-28(35)34(23-8-4-2-6-21(23)32)24-9-5-3-7-22(24)33-26/h2-14,26,33H,15H2,1H3. The van der Waals surface area contributed by atoms with Crippen LogP contribution in [0.4, 0.5) is 21.5 Å². The van der Waals surface area contributed by atoms with Gasteiger partial charge < -0.3 is 14.8 Å². The molecule has 1 N–H and O–H groups in total. The number of benzene rings is 4. The highest BCUT2D eigenvalue weighted by molar-refractivity contribution is 6.40. The molecule has 0 saturated carbocycles. The summed E-state index contributed by atoms with van der Waals surface area (Å²) in [6.07, 6.45) is 0. The Labute approximate surface area is 228 Å². The maximum Gasteiger partial charge on any atom is 0.258 e. The maximum atomic E-state index is 14.8. The molecule has 0 radical (unpaired) electrons. The number of carbonyl (C=O) groups excluding carboxylic acids is 1. The average molecular weight is 558 g/mol. The van der Waals surface area contributed by atoms with Crippen LogP contribution in [0.3, 0.4) is 0 Å². The first-order valence-electron chi connectivity index (χ1n) is 11.3. The molecule has 9 heteroatoms. The van der Waals surface area contributed by atoms with E-state index in [0.29, 0.717) is 33.3 Å². The fraction of sp³-hybridized carbons (Fsp3) is 0.107. The van der Waals surface area contributed by atoms with Gasteiger partial charge in [-0.2, -0.15) is 0 Å². The van der Waals surface area contributed by atoms with E-state index in [9.17, 15) is 9.18 Å². The van der Waals surface area contributed by atoms with E-state index in [-0.39, 0.29) is 34.0 Å². The summed E-state index contributed by atoms with van der Waals surface area (Å²) in [5, 5.41) is 4.23. The molecule has 1 amide bonds. The van der Waals surface area contributed by atoms with Crippen LogP contribution in [0.15, 0.2) is 78.9 Å². The number of carbonyl (C=O) groups is 1. The average Bonchev–Trinajstić information content (AvgIpc) is 2.88. The van der Waals surface area contributed by atoms with Crippen molar-refractivity contribution < 1.29 is 18.7 Å². The molecule has 0 fully saturated rings. The molecule has 1 unspecified atom stereocenters. The molecule has 0 aliphatic carbocycles. The van der Waals surface area contributed by atoms with Gasteiger partial charge in [0.1, 0.15) is 24.2 Å². The Morgan fingerprint density at radius 3 is 2.30 bits per heavy atom. The first-order chi connectivity index (χ1) is 17.9. The zero-order valence-electron chi connectivity index (χ0n) is 19.5. The molecule has 5 nitrogen and oxygen atoms in total. The van der Waals surface area contributed by atoms with Gasteiger partial charge in [0.2, 0.25) is 0 Å². The molecule has 0 saturated heterocycles. The van der Waals surface area contributed by atoms with Crippen LogP contribution in [0.2, 0.25) is 15.1 Å². The molecule has 1 atom stereocenters. The molecule has 5 rings (SSSR count). The molecule has 37 heavy (non-hydrogen) atoms. The Morgan fingerprint density at radius 2 is 1.59 bits per heavy atom. The smallest absolute Gasteiger partial charge is 0.258 e. The van der Waals surface area contributed by atoms with E-state index in [1.54, 1.807) is 55.6 Å². The minimum atomic E-state index is -0.790. The van der Waals surface area contributed by atoms with E-state index in [2.05, 4.69) is 5.32 Å². The maximum absolute atomic E-state index is 14.8. The van der Waals surface area contributed by atoms with Gasteiger partial charge in [-0.1, -0.05) is 65.1 Å². The lowest BCUT2D eigenvalue weighted by Gasteiger charge is -2.35. The second kappa shape index (κ2) is 10.5. The van der Waals surface area contributed by atoms with Gasteiger partial charge in [0.05, 0.1) is 34.2 Å². The third kappa shape index (κ3) is 4.92. The number of hydrogen-bond donors (Lipinski definition) is 1. The lowest BCUT2D eigenvalue weighted by atomic mass is 9.98. The van der Waals surface area contributed by atoms with E-state index in [1.807, 2.05) is 12.1 Å². The Morgan fingerprint density at radius 1 is 0.919 bits per heavy atom. The summed E-state index contributed by atoms with van der Waals surface area (Å²) in [5.41, 5.74) is 2.75. The van der Waals surface area contributed by atoms with Crippen molar-refractivity contribution in [2.45, 2.75) is 12.6 Å². The van der Waals surface area contributed by atoms with Gasteiger partial charge in [0.15, 0.2) is 5.75 Å². The zero-order chi connectivity index (χ0) is 26.1. The predicted octanol–water partition coefficient (Wildman–Crippen LogP) is 8.21. The molecular weight excluding hydrogens is 538 g/mol. The first-order valence-corrected chi connectivity index (χ1v) is 12.4. The largest absolute Gasteiger partial charge is 0.496 e. The van der Waals surface area contributed by atoms with Crippen LogP contribution in [0, 0.1) is 5.82 Å². The van der Waals surface area contributed by atoms with Crippen molar-refractivity contribution in [2.24, 2.45) is 0 Å². The summed E-state index contributed by atoms with van der Waals surface area (Å²) >= 11 is 18.5. The van der Waals surface area contributed by atoms with Gasteiger partial charge in [0, 0.05) is 10.6 Å². The summed E-state index contributed by atoms with van der Waals surface area (Å²) < 4.78 is 26.2. The van der Waals surface area contributed by atoms with Crippen LogP contribution in [0.25, 0.3) is 0 Å². The number of hydrogen-bond acceptors (Lipinski definition) is 4. The fourth-order valence-electron chi connectivity index (χ4n) is 4.27. The molecule has 0 spiro atoms. The second-order valence-electron chi connectivity index (χ2n) is 8.28. The van der Waals surface area contributed by atoms with Gasteiger partial charge in [-0.15, -0.1) is 0 Å². The normalized spacial score (nSPS) is 14.7. The Kier molecular flexibility index (Phi) is 7.15.